The van der Waals surface area contributed by atoms with Crippen molar-refractivity contribution in [2.45, 2.75) is 18.8 Å². The summed E-state index contributed by atoms with van der Waals surface area (Å²) in [6.45, 7) is 2.99. The predicted molar refractivity (Wildman–Crippen MR) is 102 cm³/mol. The van der Waals surface area contributed by atoms with Crippen molar-refractivity contribution >= 4 is 0 Å². The maximum Gasteiger partial charge on any atom is 0.231 e. The highest BCUT2D eigenvalue weighted by Crippen LogP contribution is 2.37. The van der Waals surface area contributed by atoms with E-state index in [9.17, 15) is 8.78 Å². The fourth-order valence-electron chi connectivity index (χ4n) is 4.08. The molecule has 2 aliphatic heterocycles. The Hall–Kier alpha value is -2.34. The van der Waals surface area contributed by atoms with Crippen molar-refractivity contribution in [3.05, 3.63) is 53.8 Å². The SMILES string of the molecule is FCCCN1CCC(c2ccc(F)cc2)C(COc2ccc3c(c2)OCO3)C1. The second-order valence-electron chi connectivity index (χ2n) is 7.38. The van der Waals surface area contributed by atoms with Crippen molar-refractivity contribution in [2.24, 2.45) is 5.92 Å². The van der Waals surface area contributed by atoms with Gasteiger partial charge in [0.1, 0.15) is 11.6 Å². The summed E-state index contributed by atoms with van der Waals surface area (Å²) in [6.07, 6.45) is 1.50. The summed E-state index contributed by atoms with van der Waals surface area (Å²) in [7, 11) is 0. The number of hydrogen-bond acceptors (Lipinski definition) is 4. The number of likely N-dealkylation sites (tertiary alicyclic amines) is 1. The van der Waals surface area contributed by atoms with Crippen LogP contribution in [0.15, 0.2) is 42.5 Å². The monoisotopic (exact) mass is 389 g/mol. The van der Waals surface area contributed by atoms with Gasteiger partial charge in [-0.25, -0.2) is 4.39 Å². The Balaban J connectivity index is 1.46. The Morgan fingerprint density at radius 2 is 1.89 bits per heavy atom. The minimum Gasteiger partial charge on any atom is -0.493 e. The Kier molecular flexibility index (Phi) is 5.95. The van der Waals surface area contributed by atoms with Crippen LogP contribution in [-0.2, 0) is 0 Å². The summed E-state index contributed by atoms with van der Waals surface area (Å²) in [5, 5.41) is 0. The van der Waals surface area contributed by atoms with E-state index in [4.69, 9.17) is 14.2 Å². The van der Waals surface area contributed by atoms with Gasteiger partial charge in [0.25, 0.3) is 0 Å². The molecule has 0 aliphatic carbocycles. The van der Waals surface area contributed by atoms with Crippen LogP contribution in [0.1, 0.15) is 24.3 Å². The van der Waals surface area contributed by atoms with E-state index < -0.39 is 0 Å². The first-order chi connectivity index (χ1) is 13.7. The highest BCUT2D eigenvalue weighted by molar-refractivity contribution is 5.46. The molecule has 1 saturated heterocycles. The molecule has 0 bridgehead atoms. The lowest BCUT2D eigenvalue weighted by molar-refractivity contribution is 0.108. The molecule has 2 aromatic rings. The van der Waals surface area contributed by atoms with Crippen LogP contribution in [0, 0.1) is 11.7 Å². The third-order valence-electron chi connectivity index (χ3n) is 5.53. The quantitative estimate of drug-likeness (QED) is 0.702. The van der Waals surface area contributed by atoms with Crippen LogP contribution in [0.25, 0.3) is 0 Å². The smallest absolute Gasteiger partial charge is 0.231 e. The lowest BCUT2D eigenvalue weighted by atomic mass is 9.81. The molecule has 0 aromatic heterocycles. The van der Waals surface area contributed by atoms with Gasteiger partial charge in [0.2, 0.25) is 6.79 Å². The van der Waals surface area contributed by atoms with Gasteiger partial charge in [-0.1, -0.05) is 12.1 Å². The molecule has 2 aromatic carbocycles. The molecule has 2 atom stereocenters. The van der Waals surface area contributed by atoms with Crippen LogP contribution in [0.3, 0.4) is 0 Å². The van der Waals surface area contributed by atoms with Gasteiger partial charge < -0.3 is 19.1 Å². The number of fused-ring (bicyclic) bond motifs is 1. The first-order valence-electron chi connectivity index (χ1n) is 9.79. The highest BCUT2D eigenvalue weighted by Gasteiger charge is 2.31. The third-order valence-corrected chi connectivity index (χ3v) is 5.53. The molecular formula is C22H25F2NO3. The topological polar surface area (TPSA) is 30.9 Å². The normalized spacial score (nSPS) is 21.6. The molecule has 0 amide bonds. The van der Waals surface area contributed by atoms with Gasteiger partial charge in [0.05, 0.1) is 13.3 Å². The predicted octanol–water partition coefficient (Wildman–Crippen LogP) is 4.40. The average molecular weight is 389 g/mol. The molecule has 4 rings (SSSR count). The fourth-order valence-corrected chi connectivity index (χ4v) is 4.08. The van der Waals surface area contributed by atoms with Gasteiger partial charge in [-0.05, 0) is 55.1 Å². The van der Waals surface area contributed by atoms with Crippen LogP contribution in [-0.4, -0.2) is 44.6 Å². The number of benzene rings is 2. The van der Waals surface area contributed by atoms with E-state index in [0.29, 0.717) is 18.8 Å². The largest absolute Gasteiger partial charge is 0.493 e. The van der Waals surface area contributed by atoms with E-state index in [-0.39, 0.29) is 31.1 Å². The lowest BCUT2D eigenvalue weighted by Crippen LogP contribution is -2.42. The van der Waals surface area contributed by atoms with Crippen molar-refractivity contribution < 1.29 is 23.0 Å². The van der Waals surface area contributed by atoms with Crippen molar-refractivity contribution in [3.63, 3.8) is 0 Å². The van der Waals surface area contributed by atoms with Crippen LogP contribution < -0.4 is 14.2 Å². The summed E-state index contributed by atoms with van der Waals surface area (Å²) in [4.78, 5) is 2.30. The van der Waals surface area contributed by atoms with E-state index in [1.807, 2.05) is 30.3 Å². The number of rotatable bonds is 7. The summed E-state index contributed by atoms with van der Waals surface area (Å²) >= 11 is 0. The Morgan fingerprint density at radius 3 is 2.71 bits per heavy atom. The van der Waals surface area contributed by atoms with Gasteiger partial charge >= 0.3 is 0 Å². The highest BCUT2D eigenvalue weighted by atomic mass is 19.1. The standard InChI is InChI=1S/C22H25F2NO3/c23-9-1-10-25-11-8-20(16-2-4-18(24)5-3-16)17(13-25)14-26-19-6-7-21-22(12-19)28-15-27-21/h2-7,12,17,20H,1,8-11,13-15H2. The summed E-state index contributed by atoms with van der Waals surface area (Å²) in [6, 6.07) is 12.3. The molecule has 0 spiro atoms. The van der Waals surface area contributed by atoms with E-state index in [0.717, 1.165) is 43.1 Å². The summed E-state index contributed by atoms with van der Waals surface area (Å²) in [5.41, 5.74) is 1.13. The zero-order valence-corrected chi connectivity index (χ0v) is 15.8. The second-order valence-corrected chi connectivity index (χ2v) is 7.38. The van der Waals surface area contributed by atoms with Gasteiger partial charge in [0.15, 0.2) is 11.5 Å². The van der Waals surface area contributed by atoms with Crippen molar-refractivity contribution in [1.82, 2.24) is 4.90 Å². The zero-order chi connectivity index (χ0) is 19.3. The summed E-state index contributed by atoms with van der Waals surface area (Å²) in [5.74, 6) is 2.47. The first kappa shape index (κ1) is 19.0. The van der Waals surface area contributed by atoms with Gasteiger partial charge in [-0.15, -0.1) is 0 Å². The molecule has 4 nitrogen and oxygen atoms in total. The minimum absolute atomic E-state index is 0.225. The van der Waals surface area contributed by atoms with E-state index in [1.54, 1.807) is 0 Å². The lowest BCUT2D eigenvalue weighted by Gasteiger charge is -2.38. The molecule has 6 heteroatoms. The number of halogens is 2. The maximum absolute atomic E-state index is 13.3. The van der Waals surface area contributed by atoms with Crippen LogP contribution in [0.2, 0.25) is 0 Å². The first-order valence-corrected chi connectivity index (χ1v) is 9.79. The Labute approximate surface area is 164 Å². The third kappa shape index (κ3) is 4.38. The van der Waals surface area contributed by atoms with Crippen molar-refractivity contribution in [1.29, 1.82) is 0 Å². The van der Waals surface area contributed by atoms with Gasteiger partial charge in [-0.2, -0.15) is 0 Å². The molecule has 2 unspecified atom stereocenters. The van der Waals surface area contributed by atoms with Gasteiger partial charge in [-0.3, -0.25) is 4.39 Å². The minimum atomic E-state index is -0.295. The number of piperidine rings is 1. The van der Waals surface area contributed by atoms with Crippen molar-refractivity contribution in [3.8, 4) is 17.2 Å². The Morgan fingerprint density at radius 1 is 1.07 bits per heavy atom. The molecule has 2 aliphatic rings. The van der Waals surface area contributed by atoms with Crippen LogP contribution in [0.4, 0.5) is 8.78 Å². The molecule has 0 N–H and O–H groups in total. The fraction of sp³-hybridized carbons (Fsp3) is 0.455. The van der Waals surface area contributed by atoms with E-state index in [2.05, 4.69) is 4.90 Å². The van der Waals surface area contributed by atoms with E-state index in [1.165, 1.54) is 12.1 Å². The average Bonchev–Trinajstić information content (AvgIpc) is 3.19. The van der Waals surface area contributed by atoms with E-state index >= 15 is 0 Å². The molecule has 150 valence electrons. The van der Waals surface area contributed by atoms with Gasteiger partial charge in [0, 0.05) is 25.1 Å². The number of alkyl halides is 1. The zero-order valence-electron chi connectivity index (χ0n) is 15.8. The van der Waals surface area contributed by atoms with Crippen LogP contribution >= 0.6 is 0 Å². The van der Waals surface area contributed by atoms with Crippen molar-refractivity contribution in [2.75, 3.05) is 39.7 Å². The molecule has 0 saturated carbocycles. The number of ether oxygens (including phenoxy) is 3. The maximum atomic E-state index is 13.3. The molecule has 2 heterocycles. The summed E-state index contributed by atoms with van der Waals surface area (Å²) < 4.78 is 42.8. The molecule has 28 heavy (non-hydrogen) atoms. The Bertz CT molecular complexity index is 784. The molecular weight excluding hydrogens is 364 g/mol. The number of nitrogens with zero attached hydrogens (tertiary/aromatic N) is 1. The second kappa shape index (κ2) is 8.78. The number of hydrogen-bond donors (Lipinski definition) is 0. The van der Waals surface area contributed by atoms with Crippen LogP contribution in [0.5, 0.6) is 17.2 Å². The molecule has 0 radical (unpaired) electrons. The molecule has 1 fully saturated rings.